The number of likely N-dealkylation sites (tertiary alicyclic amines) is 2. The minimum Gasteiger partial charge on any atom is -0.448 e. The fourth-order valence-corrected chi connectivity index (χ4v) is 5.14. The molecule has 1 spiro atoms. The molecule has 3 amide bonds. The molecule has 3 aliphatic heterocycles. The molecule has 4 rings (SSSR count). The maximum absolute atomic E-state index is 13.3. The summed E-state index contributed by atoms with van der Waals surface area (Å²) in [5.41, 5.74) is -0.392. The molecular formula is C19H29N3O4. The highest BCUT2D eigenvalue weighted by Crippen LogP contribution is 2.42. The average Bonchev–Trinajstić information content (AvgIpc) is 3.26. The first-order valence-electron chi connectivity index (χ1n) is 10.1. The van der Waals surface area contributed by atoms with Crippen molar-refractivity contribution in [2.45, 2.75) is 57.4 Å². The number of hydrogen-bond acceptors (Lipinski definition) is 4. The molecule has 1 atom stereocenters. The summed E-state index contributed by atoms with van der Waals surface area (Å²) in [5, 5.41) is 0. The summed E-state index contributed by atoms with van der Waals surface area (Å²) < 4.78 is 4.89. The number of piperidine rings is 1. The first-order valence-corrected chi connectivity index (χ1v) is 10.1. The predicted octanol–water partition coefficient (Wildman–Crippen LogP) is 1.61. The topological polar surface area (TPSA) is 70.2 Å². The lowest BCUT2D eigenvalue weighted by Gasteiger charge is -2.44. The standard InChI is InChI=1S/C19H29N3O4/c23-16(13-20-11-12-26-18(20)25)21-10-8-19(14-21)7-4-9-22(17(19)24)15-5-2-1-3-6-15/h15H,1-14H2. The van der Waals surface area contributed by atoms with Gasteiger partial charge in [-0.1, -0.05) is 19.3 Å². The van der Waals surface area contributed by atoms with Crippen LogP contribution in [0.1, 0.15) is 51.4 Å². The van der Waals surface area contributed by atoms with E-state index in [1.54, 1.807) is 4.90 Å². The smallest absolute Gasteiger partial charge is 0.410 e. The van der Waals surface area contributed by atoms with Crippen molar-refractivity contribution in [2.75, 3.05) is 39.3 Å². The minimum absolute atomic E-state index is 0.0649. The van der Waals surface area contributed by atoms with Crippen LogP contribution in [-0.2, 0) is 14.3 Å². The van der Waals surface area contributed by atoms with E-state index < -0.39 is 11.5 Å². The lowest BCUT2D eigenvalue weighted by Crippen LogP contribution is -2.54. The summed E-state index contributed by atoms with van der Waals surface area (Å²) in [6.45, 7) is 2.89. The summed E-state index contributed by atoms with van der Waals surface area (Å²) in [5.74, 6) is 0.204. The van der Waals surface area contributed by atoms with Crippen molar-refractivity contribution < 1.29 is 19.1 Å². The first-order chi connectivity index (χ1) is 12.6. The van der Waals surface area contributed by atoms with Crippen LogP contribution in [0.15, 0.2) is 0 Å². The van der Waals surface area contributed by atoms with Crippen LogP contribution in [0.2, 0.25) is 0 Å². The van der Waals surface area contributed by atoms with Gasteiger partial charge in [0, 0.05) is 25.7 Å². The molecule has 1 saturated carbocycles. The van der Waals surface area contributed by atoms with Crippen molar-refractivity contribution in [1.29, 1.82) is 0 Å². The second kappa shape index (κ2) is 7.08. The van der Waals surface area contributed by atoms with E-state index in [1.807, 2.05) is 0 Å². The molecule has 0 aromatic carbocycles. The number of carbonyl (C=O) groups is 3. The monoisotopic (exact) mass is 363 g/mol. The van der Waals surface area contributed by atoms with Crippen LogP contribution in [0, 0.1) is 5.41 Å². The van der Waals surface area contributed by atoms with Gasteiger partial charge in [-0.25, -0.2) is 4.79 Å². The van der Waals surface area contributed by atoms with E-state index in [2.05, 4.69) is 4.90 Å². The van der Waals surface area contributed by atoms with Crippen molar-refractivity contribution in [3.63, 3.8) is 0 Å². The zero-order valence-electron chi connectivity index (χ0n) is 15.5. The lowest BCUT2D eigenvalue weighted by molar-refractivity contribution is -0.149. The van der Waals surface area contributed by atoms with Gasteiger partial charge in [-0.05, 0) is 32.1 Å². The Bertz CT molecular complexity index is 589. The van der Waals surface area contributed by atoms with Crippen molar-refractivity contribution in [3.8, 4) is 0 Å². The Morgan fingerprint density at radius 2 is 1.85 bits per heavy atom. The van der Waals surface area contributed by atoms with Gasteiger partial charge in [0.15, 0.2) is 0 Å². The van der Waals surface area contributed by atoms with Gasteiger partial charge in [0.1, 0.15) is 13.2 Å². The Hall–Kier alpha value is -1.79. The van der Waals surface area contributed by atoms with Crippen LogP contribution >= 0.6 is 0 Å². The lowest BCUT2D eigenvalue weighted by atomic mass is 9.77. The molecule has 26 heavy (non-hydrogen) atoms. The Kier molecular flexibility index (Phi) is 4.80. The van der Waals surface area contributed by atoms with Crippen molar-refractivity contribution in [1.82, 2.24) is 14.7 Å². The van der Waals surface area contributed by atoms with Gasteiger partial charge in [0.2, 0.25) is 11.8 Å². The highest BCUT2D eigenvalue weighted by molar-refractivity contribution is 5.87. The largest absolute Gasteiger partial charge is 0.448 e. The van der Waals surface area contributed by atoms with Gasteiger partial charge in [-0.2, -0.15) is 0 Å². The normalized spacial score (nSPS) is 30.4. The number of nitrogens with zero attached hydrogens (tertiary/aromatic N) is 3. The minimum atomic E-state index is -0.413. The SMILES string of the molecule is O=C(CN1CCOC1=O)N1CCC2(CCCN(C3CCCCC3)C2=O)C1. The molecule has 7 heteroatoms. The third-order valence-electron chi connectivity index (χ3n) is 6.66. The van der Waals surface area contributed by atoms with Crippen molar-refractivity contribution in [3.05, 3.63) is 0 Å². The van der Waals surface area contributed by atoms with Crippen LogP contribution in [0.5, 0.6) is 0 Å². The summed E-state index contributed by atoms with van der Waals surface area (Å²) in [6, 6.07) is 0.401. The molecule has 1 unspecified atom stereocenters. The molecule has 0 aromatic rings. The first kappa shape index (κ1) is 17.6. The maximum atomic E-state index is 13.3. The van der Waals surface area contributed by atoms with E-state index in [0.29, 0.717) is 32.3 Å². The Balaban J connectivity index is 1.40. The highest BCUT2D eigenvalue weighted by Gasteiger charge is 2.50. The van der Waals surface area contributed by atoms with Crippen LogP contribution in [0.4, 0.5) is 4.79 Å². The molecule has 0 radical (unpaired) electrons. The molecule has 7 nitrogen and oxygen atoms in total. The van der Waals surface area contributed by atoms with Crippen LogP contribution in [0.3, 0.4) is 0 Å². The van der Waals surface area contributed by atoms with Crippen molar-refractivity contribution >= 4 is 17.9 Å². The molecule has 144 valence electrons. The molecule has 0 aromatic heterocycles. The van der Waals surface area contributed by atoms with E-state index in [0.717, 1.165) is 38.6 Å². The van der Waals surface area contributed by atoms with Gasteiger partial charge in [0.05, 0.1) is 12.0 Å². The van der Waals surface area contributed by atoms with Crippen LogP contribution < -0.4 is 0 Å². The fourth-order valence-electron chi connectivity index (χ4n) is 5.14. The second-order valence-electron chi connectivity index (χ2n) is 8.28. The molecule has 3 saturated heterocycles. The molecular weight excluding hydrogens is 334 g/mol. The van der Waals surface area contributed by atoms with E-state index >= 15 is 0 Å². The summed E-state index contributed by atoms with van der Waals surface area (Å²) in [4.78, 5) is 42.9. The molecule has 0 bridgehead atoms. The number of amides is 3. The highest BCUT2D eigenvalue weighted by atomic mass is 16.6. The van der Waals surface area contributed by atoms with Gasteiger partial charge >= 0.3 is 6.09 Å². The van der Waals surface area contributed by atoms with E-state index in [1.165, 1.54) is 24.2 Å². The number of hydrogen-bond donors (Lipinski definition) is 0. The molecule has 3 heterocycles. The number of cyclic esters (lactones) is 1. The third kappa shape index (κ3) is 3.16. The average molecular weight is 363 g/mol. The second-order valence-corrected chi connectivity index (χ2v) is 8.28. The molecule has 4 fully saturated rings. The number of ether oxygens (including phenoxy) is 1. The molecule has 1 aliphatic carbocycles. The zero-order valence-corrected chi connectivity index (χ0v) is 15.5. The Labute approximate surface area is 154 Å². The number of carbonyl (C=O) groups excluding carboxylic acids is 3. The fraction of sp³-hybridized carbons (Fsp3) is 0.842. The Morgan fingerprint density at radius 1 is 1.04 bits per heavy atom. The maximum Gasteiger partial charge on any atom is 0.410 e. The quantitative estimate of drug-likeness (QED) is 0.764. The molecule has 4 aliphatic rings. The summed E-state index contributed by atoms with van der Waals surface area (Å²) in [7, 11) is 0. The summed E-state index contributed by atoms with van der Waals surface area (Å²) in [6.07, 6.45) is 8.23. The van der Waals surface area contributed by atoms with E-state index in [-0.39, 0.29) is 18.4 Å². The molecule has 0 N–H and O–H groups in total. The van der Waals surface area contributed by atoms with Gasteiger partial charge < -0.3 is 14.5 Å². The van der Waals surface area contributed by atoms with Gasteiger partial charge in [0.25, 0.3) is 0 Å². The predicted molar refractivity (Wildman–Crippen MR) is 94.4 cm³/mol. The Morgan fingerprint density at radius 3 is 2.58 bits per heavy atom. The van der Waals surface area contributed by atoms with Crippen LogP contribution in [-0.4, -0.2) is 78.0 Å². The van der Waals surface area contributed by atoms with Crippen molar-refractivity contribution in [2.24, 2.45) is 5.41 Å². The van der Waals surface area contributed by atoms with Crippen LogP contribution in [0.25, 0.3) is 0 Å². The zero-order chi connectivity index (χ0) is 18.1. The van der Waals surface area contributed by atoms with Gasteiger partial charge in [-0.3, -0.25) is 14.5 Å². The third-order valence-corrected chi connectivity index (χ3v) is 6.66. The van der Waals surface area contributed by atoms with Gasteiger partial charge in [-0.15, -0.1) is 0 Å². The van der Waals surface area contributed by atoms with E-state index in [9.17, 15) is 14.4 Å². The van der Waals surface area contributed by atoms with E-state index in [4.69, 9.17) is 4.74 Å². The number of rotatable bonds is 3. The summed E-state index contributed by atoms with van der Waals surface area (Å²) >= 11 is 0.